The molecule has 2 saturated heterocycles. The number of hydrogen-bond acceptors (Lipinski definition) is 21. The van der Waals surface area contributed by atoms with E-state index in [9.17, 15) is 53.1 Å². The van der Waals surface area contributed by atoms with Crippen LogP contribution >= 0.6 is 11.8 Å². The average Bonchev–Trinajstić information content (AvgIpc) is 1.52. The molecule has 22 N–H and O–H groups in total. The van der Waals surface area contributed by atoms with Gasteiger partial charge in [-0.2, -0.15) is 0 Å². The molecule has 7 aromatic rings. The van der Waals surface area contributed by atoms with Crippen LogP contribution in [0.2, 0.25) is 0 Å². The fourth-order valence-electron chi connectivity index (χ4n) is 16.6. The van der Waals surface area contributed by atoms with Crippen molar-refractivity contribution in [2.75, 3.05) is 72.5 Å². The second kappa shape index (κ2) is 50.9. The molecule has 3 aromatic heterocycles. The number of unbranched alkanes of at least 4 members (excludes halogenated alkanes) is 2. The van der Waals surface area contributed by atoms with E-state index in [0.717, 1.165) is 41.6 Å². The van der Waals surface area contributed by atoms with Crippen molar-refractivity contribution < 1.29 is 86.6 Å². The van der Waals surface area contributed by atoms with Gasteiger partial charge in [-0.25, -0.2) is 4.98 Å². The predicted octanol–water partition coefficient (Wildman–Crippen LogP) is -0.985. The van der Waals surface area contributed by atoms with Crippen LogP contribution in [0.3, 0.4) is 0 Å². The van der Waals surface area contributed by atoms with Gasteiger partial charge >= 0.3 is 0 Å². The number of aromatic amines is 3. The first kappa shape index (κ1) is 106. The molecule has 13 atom stereocenters. The van der Waals surface area contributed by atoms with Crippen molar-refractivity contribution in [1.82, 2.24) is 103 Å². The van der Waals surface area contributed by atoms with E-state index < -0.39 is 223 Å². The summed E-state index contributed by atoms with van der Waals surface area (Å²) in [5.41, 5.74) is 20.1. The number of nitrogens with one attached hydrogen (secondary N) is 15. The van der Waals surface area contributed by atoms with Gasteiger partial charge in [0, 0.05) is 119 Å². The highest BCUT2D eigenvalue weighted by Gasteiger charge is 2.44. The molecule has 2 aliphatic rings. The molecule has 42 nitrogen and oxygen atoms in total. The van der Waals surface area contributed by atoms with Gasteiger partial charge in [0.15, 0.2) is 5.96 Å². The fraction of sp³-hybridized carbons (Fsp3) is 0.495. The molecule has 0 aliphatic carbocycles. The molecule has 136 heavy (non-hydrogen) atoms. The minimum atomic E-state index is -1.85. The Hall–Kier alpha value is -14.0. The first-order valence-corrected chi connectivity index (χ1v) is 46.8. The van der Waals surface area contributed by atoms with Gasteiger partial charge in [-0.3, -0.25) is 86.9 Å². The molecular weight excluding hydrogens is 1770 g/mol. The molecular formula is C93H128N24O18S. The molecule has 2 aliphatic heterocycles. The van der Waals surface area contributed by atoms with Crippen LogP contribution in [0.15, 0.2) is 116 Å². The van der Waals surface area contributed by atoms with E-state index in [-0.39, 0.29) is 89.6 Å². The normalized spacial score (nSPS) is 23.2. The number of carbonyl (C=O) groups excluding carboxylic acids is 17. The Morgan fingerprint density at radius 3 is 1.68 bits per heavy atom. The number of primary amides is 2. The summed E-state index contributed by atoms with van der Waals surface area (Å²) in [5, 5.41) is 51.1. The second-order valence-corrected chi connectivity index (χ2v) is 35.8. The largest absolute Gasteiger partial charge is 0.394 e. The van der Waals surface area contributed by atoms with Gasteiger partial charge < -0.3 is 120 Å². The van der Waals surface area contributed by atoms with Crippen LogP contribution < -0.4 is 75.7 Å². The van der Waals surface area contributed by atoms with E-state index in [2.05, 4.69) is 78.4 Å². The monoisotopic (exact) mass is 1900 g/mol. The third-order valence-corrected chi connectivity index (χ3v) is 25.2. The van der Waals surface area contributed by atoms with Gasteiger partial charge in [-0.15, -0.1) is 11.8 Å². The number of nitrogens with two attached hydrogens (primary N) is 3. The summed E-state index contributed by atoms with van der Waals surface area (Å²) in [5.74, 6) is -17.2. The third-order valence-electron chi connectivity index (χ3n) is 24.2. The lowest BCUT2D eigenvalue weighted by atomic mass is 9.98. The van der Waals surface area contributed by atoms with Crippen molar-refractivity contribution in [1.29, 1.82) is 5.41 Å². The Morgan fingerprint density at radius 1 is 0.522 bits per heavy atom. The van der Waals surface area contributed by atoms with Crippen molar-refractivity contribution in [2.24, 2.45) is 23.1 Å². The highest BCUT2D eigenvalue weighted by atomic mass is 32.2. The van der Waals surface area contributed by atoms with Crippen LogP contribution in [0.1, 0.15) is 134 Å². The quantitative estimate of drug-likeness (QED) is 0.0176. The zero-order chi connectivity index (χ0) is 99.1. The zero-order valence-electron chi connectivity index (χ0n) is 78.0. The first-order chi connectivity index (χ1) is 64.9. The van der Waals surface area contributed by atoms with Gasteiger partial charge in [0.1, 0.15) is 78.5 Å². The number of rotatable bonds is 26. The lowest BCUT2D eigenvalue weighted by molar-refractivity contribution is -0.149. The molecule has 0 saturated carbocycles. The summed E-state index contributed by atoms with van der Waals surface area (Å²) in [6, 6.07) is 6.87. The van der Waals surface area contributed by atoms with Crippen LogP contribution in [-0.2, 0) is 107 Å². The van der Waals surface area contributed by atoms with Gasteiger partial charge in [0.05, 0.1) is 38.2 Å². The summed E-state index contributed by atoms with van der Waals surface area (Å²) in [6.07, 6.45) is 5.93. The molecule has 0 bridgehead atoms. The molecule has 0 unspecified atom stereocenters. The Bertz CT molecular complexity index is 5430. The number of H-pyrrole nitrogens is 3. The summed E-state index contributed by atoms with van der Waals surface area (Å²) >= 11 is 0.798. The highest BCUT2D eigenvalue weighted by Crippen LogP contribution is 2.27. The maximum atomic E-state index is 15.7. The van der Waals surface area contributed by atoms with E-state index >= 15 is 33.6 Å². The number of aromatic nitrogens is 4. The minimum Gasteiger partial charge on any atom is -0.394 e. The minimum absolute atomic E-state index is 0.00230. The van der Waals surface area contributed by atoms with E-state index in [1.54, 1.807) is 105 Å². The molecule has 17 amide bonds. The Morgan fingerprint density at radius 2 is 1.06 bits per heavy atom. The summed E-state index contributed by atoms with van der Waals surface area (Å²) in [7, 11) is 5.27. The van der Waals surface area contributed by atoms with Crippen LogP contribution in [0, 0.1) is 11.3 Å². The molecule has 9 rings (SSSR count). The van der Waals surface area contributed by atoms with Crippen LogP contribution in [0.4, 0.5) is 0 Å². The number of hydrogen-bond donors (Lipinski definition) is 19. The van der Waals surface area contributed by atoms with Crippen molar-refractivity contribution in [2.45, 2.75) is 216 Å². The lowest BCUT2D eigenvalue weighted by Crippen LogP contribution is -2.61. The number of para-hydroxylation sites is 2. The van der Waals surface area contributed by atoms with Crippen molar-refractivity contribution >= 4 is 151 Å². The summed E-state index contributed by atoms with van der Waals surface area (Å²) in [6.45, 7) is 5.92. The molecule has 43 heteroatoms. The van der Waals surface area contributed by atoms with Crippen LogP contribution in [0.5, 0.6) is 0 Å². The Kier molecular flexibility index (Phi) is 39.6. The van der Waals surface area contributed by atoms with E-state index in [1.807, 2.05) is 26.0 Å². The third kappa shape index (κ3) is 29.5. The number of thioether (sulfide) groups is 1. The van der Waals surface area contributed by atoms with Crippen LogP contribution in [-0.4, -0.2) is 307 Å². The van der Waals surface area contributed by atoms with Gasteiger partial charge in [-0.05, 0) is 97.4 Å². The number of fused-ring (bicyclic) bond motifs is 4. The summed E-state index contributed by atoms with van der Waals surface area (Å²) in [4.78, 5) is 269. The molecule has 0 radical (unpaired) electrons. The highest BCUT2D eigenvalue weighted by molar-refractivity contribution is 8.00. The Labute approximate surface area is 791 Å². The fourth-order valence-corrected chi connectivity index (χ4v) is 17.5. The zero-order valence-corrected chi connectivity index (χ0v) is 78.8. The van der Waals surface area contributed by atoms with Crippen LogP contribution in [0.25, 0.3) is 32.6 Å². The van der Waals surface area contributed by atoms with E-state index in [0.29, 0.717) is 75.3 Å². The molecule has 5 heterocycles. The smallest absolute Gasteiger partial charge is 0.246 e. The number of aliphatic hydroxyl groups is 1. The molecule has 4 aromatic carbocycles. The molecule has 0 spiro atoms. The number of carbonyl (C=O) groups is 17. The van der Waals surface area contributed by atoms with Crippen molar-refractivity contribution in [3.8, 4) is 0 Å². The lowest BCUT2D eigenvalue weighted by Gasteiger charge is -2.36. The van der Waals surface area contributed by atoms with E-state index in [1.165, 1.54) is 47.6 Å². The SMILES string of the molecule is CCCC[C@H]1C(=O)N(C)[C@@H](CCCC)C(=O)N[C@@H](CCCNC(=N)N)C(=O)N[C@@H](C(=O)NCC(N)=O)CSCC(=O)N[C@@H](Cc2cccc3ccccc23)C(=O)N(C)[C@@H](C)C(=O)N[C@@H](CC(N)=O)C(=O)N2CCC[C@H]2C(=O)N[C@@H](Cc2cnc[nH]2)C(=O)N[C@@H](CC(C)C)C(=O)N(C)CC(=O)N[C@@H](Cc2c[nH]c3ccccc23)C(=O)N[C@@H](CO)C(=O)N[C@@H](Cc2c[nH]c3ccccc23)C(=O)N1C. The number of nitrogens with zero attached hydrogens (tertiary/aromatic N) is 6. The molecule has 2 fully saturated rings. The van der Waals surface area contributed by atoms with E-state index in [4.69, 9.17) is 22.6 Å². The van der Waals surface area contributed by atoms with Gasteiger partial charge in [0.25, 0.3) is 0 Å². The maximum Gasteiger partial charge on any atom is 0.246 e. The number of aliphatic hydroxyl groups excluding tert-OH is 1. The number of guanidine groups is 1. The standard InChI is InChI=1S/C93H128N24O18S/c1-10-12-32-73-86(129)106-64(31-21-35-99-93(96)97)82(125)112-72(81(124)102-46-77(95)120)49-136-50-79(122)105-68(38-55-25-20-24-54-23-14-15-26-59(54)55)89(132)114(7)53(5)80(123)108-70(42-76(94)119)91(134)117-36-22-34-74(117)87(130)107-66(41-58-45-98-51-103-58)84(127)109-67(37-52(3)4)88(131)113(6)47-78(121)104-65(39-56-43-100-62-29-18-16-27-60(56)62)83(126)111-71(48-118)85(128)110-69(40-57-44-101-63-30-19-17-28-61(57)63)90(133)116(9)75(33-13-11-2)92(135)115(73)8/h14-20,23-30,43-45,51-53,64-75,100-101,118H,10-13,21-22,31-42,46-50H2,1-9H3,(H2,94,119)(H2,95,120)(H,98,103)(H,102,124)(H,104,121)(H,105,122)(H,106,129)(H,107,130)(H,108,123)(H,109,127)(H,110,128)(H,111,126)(H,112,125)(H4,96,97,99)/t53-,64-,65-,66-,67-,68-,69-,70-,71-,72+,73-,74-,75-/m0/s1. The molecule has 734 valence electrons. The summed E-state index contributed by atoms with van der Waals surface area (Å²) < 4.78 is 0. The van der Waals surface area contributed by atoms with Crippen molar-refractivity contribution in [3.05, 3.63) is 138 Å². The topological polar surface area (TPSA) is 621 Å². The predicted molar refractivity (Wildman–Crippen MR) is 507 cm³/mol. The van der Waals surface area contributed by atoms with Crippen molar-refractivity contribution in [3.63, 3.8) is 0 Å². The number of likely N-dealkylation sites (N-methyl/N-ethyl adjacent to an activating group) is 4. The maximum absolute atomic E-state index is 15.7. The number of imidazole rings is 1. The Balaban J connectivity index is 1.09. The average molecular weight is 1900 g/mol. The van der Waals surface area contributed by atoms with Gasteiger partial charge in [-0.1, -0.05) is 132 Å². The number of benzene rings is 4. The number of amides is 17. The second-order valence-electron chi connectivity index (χ2n) is 34.8. The van der Waals surface area contributed by atoms with Gasteiger partial charge in [0.2, 0.25) is 100 Å². The first-order valence-electron chi connectivity index (χ1n) is 45.6.